The molecule has 10 heteroatoms. The topological polar surface area (TPSA) is 98.1 Å². The molecule has 0 aliphatic carbocycles. The number of carbonyl (C=O) groups excluding carboxylic acids is 2. The first-order chi connectivity index (χ1) is 16.4. The highest BCUT2D eigenvalue weighted by atomic mass is 35.5. The fraction of sp³-hybridized carbons (Fsp3) is 0.333. The number of hydrogen-bond acceptors (Lipinski definition) is 6. The molecule has 34 heavy (non-hydrogen) atoms. The molecule has 0 saturated carbocycles. The summed E-state index contributed by atoms with van der Waals surface area (Å²) in [7, 11) is 0. The van der Waals surface area contributed by atoms with E-state index in [-0.39, 0.29) is 24.1 Å². The van der Waals surface area contributed by atoms with Crippen LogP contribution in [0, 0.1) is 0 Å². The van der Waals surface area contributed by atoms with Gasteiger partial charge in [-0.1, -0.05) is 42.4 Å². The Labute approximate surface area is 208 Å². The van der Waals surface area contributed by atoms with Gasteiger partial charge in [-0.3, -0.25) is 9.59 Å². The average Bonchev–Trinajstić information content (AvgIpc) is 3.24. The molecule has 3 aromatic rings. The monoisotopic (exact) mass is 501 g/mol. The van der Waals surface area contributed by atoms with Crippen molar-refractivity contribution in [3.63, 3.8) is 0 Å². The first kappa shape index (κ1) is 25.6. The molecule has 0 unspecified atom stereocenters. The molecule has 1 atom stereocenters. The predicted molar refractivity (Wildman–Crippen MR) is 134 cm³/mol. The van der Waals surface area contributed by atoms with E-state index in [0.717, 1.165) is 6.42 Å². The molecule has 8 nitrogen and oxygen atoms in total. The zero-order chi connectivity index (χ0) is 24.5. The maximum atomic E-state index is 12.5. The number of benzene rings is 2. The van der Waals surface area contributed by atoms with E-state index in [4.69, 9.17) is 16.3 Å². The Bertz CT molecular complexity index is 1100. The lowest BCUT2D eigenvalue weighted by molar-refractivity contribution is -0.127. The lowest BCUT2D eigenvalue weighted by Crippen LogP contribution is -2.36. The van der Waals surface area contributed by atoms with Gasteiger partial charge in [0.15, 0.2) is 17.1 Å². The number of nitrogens with zero attached hydrogens (tertiary/aromatic N) is 3. The molecule has 0 spiro atoms. The average molecular weight is 502 g/mol. The molecule has 2 N–H and O–H groups in total. The first-order valence-corrected chi connectivity index (χ1v) is 12.4. The summed E-state index contributed by atoms with van der Waals surface area (Å²) in [6, 6.07) is 14.6. The fourth-order valence-electron chi connectivity index (χ4n) is 3.11. The number of carbonyl (C=O) groups is 2. The van der Waals surface area contributed by atoms with Crippen molar-refractivity contribution >= 4 is 40.9 Å². The van der Waals surface area contributed by atoms with Crippen LogP contribution in [-0.4, -0.2) is 38.4 Å². The van der Waals surface area contributed by atoms with Crippen LogP contribution < -0.4 is 15.4 Å². The molecule has 0 aliphatic heterocycles. The summed E-state index contributed by atoms with van der Waals surface area (Å²) in [5.74, 6) is 1.02. The molecule has 0 fully saturated rings. The van der Waals surface area contributed by atoms with Gasteiger partial charge in [0.2, 0.25) is 5.91 Å². The molecule has 0 saturated heterocycles. The Balaban J connectivity index is 1.50. The Morgan fingerprint density at radius 1 is 1.09 bits per heavy atom. The zero-order valence-corrected chi connectivity index (χ0v) is 20.9. The van der Waals surface area contributed by atoms with Gasteiger partial charge in [-0.15, -0.1) is 10.2 Å². The van der Waals surface area contributed by atoms with Gasteiger partial charge in [0.1, 0.15) is 5.75 Å². The number of nitrogens with one attached hydrogen (secondary N) is 2. The van der Waals surface area contributed by atoms with E-state index in [1.165, 1.54) is 17.3 Å². The lowest BCUT2D eigenvalue weighted by atomic mass is 10.2. The minimum absolute atomic E-state index is 0.161. The SMILES string of the molecule is CCc1ccc(O[C@H](C)C(=O)NCc2nnc(SCC(=O)Nc3ccc(Cl)cc3)n2CC)cc1. The summed E-state index contributed by atoms with van der Waals surface area (Å²) < 4.78 is 7.61. The predicted octanol–water partition coefficient (Wildman–Crippen LogP) is 4.33. The summed E-state index contributed by atoms with van der Waals surface area (Å²) in [5.41, 5.74) is 1.88. The van der Waals surface area contributed by atoms with E-state index >= 15 is 0 Å². The molecular formula is C24H28ClN5O3S. The van der Waals surface area contributed by atoms with E-state index in [1.807, 2.05) is 35.8 Å². The van der Waals surface area contributed by atoms with Crippen LogP contribution in [0.15, 0.2) is 53.7 Å². The molecule has 0 aliphatic rings. The minimum atomic E-state index is -0.657. The van der Waals surface area contributed by atoms with E-state index in [9.17, 15) is 9.59 Å². The zero-order valence-electron chi connectivity index (χ0n) is 19.4. The van der Waals surface area contributed by atoms with Gasteiger partial charge in [0.05, 0.1) is 12.3 Å². The fourth-order valence-corrected chi connectivity index (χ4v) is 4.05. The summed E-state index contributed by atoms with van der Waals surface area (Å²) >= 11 is 7.15. The van der Waals surface area contributed by atoms with Crippen molar-refractivity contribution in [2.75, 3.05) is 11.1 Å². The summed E-state index contributed by atoms with van der Waals surface area (Å²) in [5, 5.41) is 15.2. The molecule has 1 aromatic heterocycles. The maximum Gasteiger partial charge on any atom is 0.261 e. The number of rotatable bonds is 11. The van der Waals surface area contributed by atoms with Crippen LogP contribution in [0.1, 0.15) is 32.2 Å². The maximum absolute atomic E-state index is 12.5. The lowest BCUT2D eigenvalue weighted by Gasteiger charge is -2.15. The highest BCUT2D eigenvalue weighted by Gasteiger charge is 2.18. The van der Waals surface area contributed by atoms with Crippen molar-refractivity contribution in [3.05, 3.63) is 64.9 Å². The van der Waals surface area contributed by atoms with Gasteiger partial charge < -0.3 is 19.9 Å². The molecule has 3 rings (SSSR count). The van der Waals surface area contributed by atoms with Crippen LogP contribution in [0.25, 0.3) is 0 Å². The van der Waals surface area contributed by atoms with Gasteiger partial charge in [-0.2, -0.15) is 0 Å². The second kappa shape index (κ2) is 12.4. The standard InChI is InChI=1S/C24H28ClN5O3S/c1-4-17-6-12-20(13-7-17)33-16(3)23(32)26-14-21-28-29-24(30(21)5-2)34-15-22(31)27-19-10-8-18(25)9-11-19/h6-13,16H,4-5,14-15H2,1-3H3,(H,26,32)(H,27,31)/t16-/m1/s1. The van der Waals surface area contributed by atoms with Crippen LogP contribution in [0.5, 0.6) is 5.75 Å². The number of amides is 2. The van der Waals surface area contributed by atoms with Crippen LogP contribution in [0.4, 0.5) is 5.69 Å². The van der Waals surface area contributed by atoms with E-state index in [0.29, 0.717) is 34.0 Å². The second-order valence-electron chi connectivity index (χ2n) is 7.46. The third-order valence-corrected chi connectivity index (χ3v) is 6.22. The van der Waals surface area contributed by atoms with Crippen molar-refractivity contribution in [1.82, 2.24) is 20.1 Å². The van der Waals surface area contributed by atoms with Gasteiger partial charge in [0.25, 0.3) is 5.91 Å². The molecule has 180 valence electrons. The summed E-state index contributed by atoms with van der Waals surface area (Å²) in [4.78, 5) is 24.8. The van der Waals surface area contributed by atoms with Gasteiger partial charge >= 0.3 is 0 Å². The molecule has 2 aromatic carbocycles. The molecule has 1 heterocycles. The number of thioether (sulfide) groups is 1. The van der Waals surface area contributed by atoms with E-state index in [2.05, 4.69) is 27.8 Å². The van der Waals surface area contributed by atoms with Crippen LogP contribution >= 0.6 is 23.4 Å². The molecule has 0 bridgehead atoms. The van der Waals surface area contributed by atoms with Crippen molar-refractivity contribution < 1.29 is 14.3 Å². The number of halogens is 1. The smallest absolute Gasteiger partial charge is 0.261 e. The van der Waals surface area contributed by atoms with Crippen LogP contribution in [0.3, 0.4) is 0 Å². The Hall–Kier alpha value is -3.04. The Morgan fingerprint density at radius 3 is 2.44 bits per heavy atom. The molecule has 0 radical (unpaired) electrons. The van der Waals surface area contributed by atoms with Crippen molar-refractivity contribution in [3.8, 4) is 5.75 Å². The van der Waals surface area contributed by atoms with Gasteiger partial charge in [0, 0.05) is 17.3 Å². The molecule has 2 amide bonds. The van der Waals surface area contributed by atoms with Gasteiger partial charge in [-0.25, -0.2) is 0 Å². The van der Waals surface area contributed by atoms with Crippen LogP contribution in [0.2, 0.25) is 5.02 Å². The number of aryl methyl sites for hydroxylation is 1. The van der Waals surface area contributed by atoms with Crippen molar-refractivity contribution in [2.45, 2.75) is 51.5 Å². The minimum Gasteiger partial charge on any atom is -0.481 e. The van der Waals surface area contributed by atoms with E-state index in [1.54, 1.807) is 31.2 Å². The number of hydrogen-bond donors (Lipinski definition) is 2. The summed E-state index contributed by atoms with van der Waals surface area (Å²) in [6.45, 7) is 6.56. The molecular weight excluding hydrogens is 474 g/mol. The quantitative estimate of drug-likeness (QED) is 0.379. The van der Waals surface area contributed by atoms with Crippen LogP contribution in [-0.2, 0) is 29.1 Å². The highest BCUT2D eigenvalue weighted by molar-refractivity contribution is 7.99. The normalized spacial score (nSPS) is 11.6. The second-order valence-corrected chi connectivity index (χ2v) is 8.84. The van der Waals surface area contributed by atoms with E-state index < -0.39 is 6.10 Å². The Morgan fingerprint density at radius 2 is 1.79 bits per heavy atom. The third kappa shape index (κ3) is 7.23. The first-order valence-electron chi connectivity index (χ1n) is 11.0. The van der Waals surface area contributed by atoms with Crippen molar-refractivity contribution in [1.29, 1.82) is 0 Å². The van der Waals surface area contributed by atoms with Gasteiger partial charge in [-0.05, 0) is 62.2 Å². The number of anilines is 1. The number of aromatic nitrogens is 3. The largest absolute Gasteiger partial charge is 0.481 e. The van der Waals surface area contributed by atoms with Crippen molar-refractivity contribution in [2.24, 2.45) is 0 Å². The number of ether oxygens (including phenoxy) is 1. The Kier molecular flexibility index (Phi) is 9.35. The highest BCUT2D eigenvalue weighted by Crippen LogP contribution is 2.19. The summed E-state index contributed by atoms with van der Waals surface area (Å²) in [6.07, 6.45) is 0.290. The third-order valence-electron chi connectivity index (χ3n) is 5.00.